The van der Waals surface area contributed by atoms with Crippen LogP contribution in [0.3, 0.4) is 0 Å². The molecule has 1 nitrogen and oxygen atoms in total. The summed E-state index contributed by atoms with van der Waals surface area (Å²) >= 11 is 0. The van der Waals surface area contributed by atoms with Crippen LogP contribution in [0.4, 0.5) is 4.39 Å². The third-order valence-corrected chi connectivity index (χ3v) is 3.74. The van der Waals surface area contributed by atoms with Crippen LogP contribution in [-0.4, -0.2) is 13.1 Å². The number of benzene rings is 1. The van der Waals surface area contributed by atoms with Crippen LogP contribution in [0, 0.1) is 17.7 Å². The molecule has 0 aliphatic heterocycles. The van der Waals surface area contributed by atoms with Gasteiger partial charge in [0.15, 0.2) is 0 Å². The van der Waals surface area contributed by atoms with Crippen molar-refractivity contribution in [2.45, 2.75) is 32.2 Å². The number of rotatable bonds is 5. The zero-order valence-corrected chi connectivity index (χ0v) is 10.0. The normalized spacial score (nSPS) is 19.4. The van der Waals surface area contributed by atoms with E-state index in [0.29, 0.717) is 6.04 Å². The van der Waals surface area contributed by atoms with Gasteiger partial charge in [0.1, 0.15) is 5.82 Å². The average Bonchev–Trinajstić information content (AvgIpc) is 3.11. The summed E-state index contributed by atoms with van der Waals surface area (Å²) in [6, 6.07) is 7.38. The summed E-state index contributed by atoms with van der Waals surface area (Å²) in [4.78, 5) is 0. The summed E-state index contributed by atoms with van der Waals surface area (Å²) in [6.07, 6.45) is 3.75. The standard InChI is InChI=1S/C14H20FN/c1-10(12-5-6-12)14(16-2)9-11-3-7-13(15)8-4-11/h3-4,7-8,10,12,14,16H,5-6,9H2,1-2H3. The molecule has 1 aliphatic rings. The van der Waals surface area contributed by atoms with Crippen molar-refractivity contribution in [1.29, 1.82) is 0 Å². The van der Waals surface area contributed by atoms with E-state index < -0.39 is 0 Å². The van der Waals surface area contributed by atoms with Crippen molar-refractivity contribution in [1.82, 2.24) is 5.32 Å². The molecule has 0 spiro atoms. The molecule has 2 atom stereocenters. The molecular formula is C14H20FN. The predicted octanol–water partition coefficient (Wildman–Crippen LogP) is 3.00. The molecule has 1 fully saturated rings. The van der Waals surface area contributed by atoms with Gasteiger partial charge in [-0.25, -0.2) is 4.39 Å². The summed E-state index contributed by atoms with van der Waals surface area (Å²) in [7, 11) is 2.02. The van der Waals surface area contributed by atoms with Crippen molar-refractivity contribution in [3.8, 4) is 0 Å². The van der Waals surface area contributed by atoms with E-state index in [4.69, 9.17) is 0 Å². The molecule has 1 aromatic carbocycles. The molecule has 16 heavy (non-hydrogen) atoms. The molecule has 1 aliphatic carbocycles. The molecule has 0 amide bonds. The first-order valence-corrected chi connectivity index (χ1v) is 6.12. The van der Waals surface area contributed by atoms with Crippen molar-refractivity contribution < 1.29 is 4.39 Å². The lowest BCUT2D eigenvalue weighted by atomic mass is 9.91. The molecule has 1 aromatic rings. The van der Waals surface area contributed by atoms with E-state index in [1.807, 2.05) is 19.2 Å². The van der Waals surface area contributed by atoms with Crippen LogP contribution < -0.4 is 5.32 Å². The van der Waals surface area contributed by atoms with Crippen LogP contribution in [0.25, 0.3) is 0 Å². The Kier molecular flexibility index (Phi) is 3.59. The quantitative estimate of drug-likeness (QED) is 0.806. The molecule has 88 valence electrons. The van der Waals surface area contributed by atoms with Gasteiger partial charge in [-0.05, 0) is 55.8 Å². The minimum absolute atomic E-state index is 0.153. The number of hydrogen-bond donors (Lipinski definition) is 1. The van der Waals surface area contributed by atoms with Gasteiger partial charge in [-0.15, -0.1) is 0 Å². The first-order valence-electron chi connectivity index (χ1n) is 6.12. The SMILES string of the molecule is CNC(Cc1ccc(F)cc1)C(C)C1CC1. The maximum atomic E-state index is 12.8. The third kappa shape index (κ3) is 2.82. The van der Waals surface area contributed by atoms with Gasteiger partial charge in [-0.1, -0.05) is 19.1 Å². The van der Waals surface area contributed by atoms with Crippen LogP contribution in [0.15, 0.2) is 24.3 Å². The van der Waals surface area contributed by atoms with Crippen molar-refractivity contribution in [3.63, 3.8) is 0 Å². The zero-order valence-electron chi connectivity index (χ0n) is 10.0. The number of likely N-dealkylation sites (N-methyl/N-ethyl adjacent to an activating group) is 1. The Hall–Kier alpha value is -0.890. The molecule has 2 rings (SSSR count). The number of halogens is 1. The maximum absolute atomic E-state index is 12.8. The fourth-order valence-electron chi connectivity index (χ4n) is 2.38. The summed E-state index contributed by atoms with van der Waals surface area (Å²) in [6.45, 7) is 2.32. The van der Waals surface area contributed by atoms with Crippen LogP contribution in [0.1, 0.15) is 25.3 Å². The van der Waals surface area contributed by atoms with Gasteiger partial charge < -0.3 is 5.32 Å². The second kappa shape index (κ2) is 4.96. The lowest BCUT2D eigenvalue weighted by molar-refractivity contribution is 0.357. The summed E-state index contributed by atoms with van der Waals surface area (Å²) in [5, 5.41) is 3.39. The van der Waals surface area contributed by atoms with Crippen LogP contribution in [0.2, 0.25) is 0 Å². The molecule has 2 heteroatoms. The van der Waals surface area contributed by atoms with Gasteiger partial charge in [-0.3, -0.25) is 0 Å². The summed E-state index contributed by atoms with van der Waals surface area (Å²) in [5.74, 6) is 1.47. The Bertz CT molecular complexity index is 329. The van der Waals surface area contributed by atoms with Gasteiger partial charge >= 0.3 is 0 Å². The van der Waals surface area contributed by atoms with Crippen molar-refractivity contribution in [2.24, 2.45) is 11.8 Å². The van der Waals surface area contributed by atoms with Crippen LogP contribution in [0.5, 0.6) is 0 Å². The number of nitrogens with one attached hydrogen (secondary N) is 1. The Morgan fingerprint density at radius 1 is 1.31 bits per heavy atom. The van der Waals surface area contributed by atoms with Crippen molar-refractivity contribution in [2.75, 3.05) is 7.05 Å². The van der Waals surface area contributed by atoms with Crippen molar-refractivity contribution >= 4 is 0 Å². The average molecular weight is 221 g/mol. The smallest absolute Gasteiger partial charge is 0.123 e. The van der Waals surface area contributed by atoms with Gasteiger partial charge in [0.2, 0.25) is 0 Å². The van der Waals surface area contributed by atoms with Gasteiger partial charge in [0, 0.05) is 6.04 Å². The minimum atomic E-state index is -0.153. The Balaban J connectivity index is 1.97. The fourth-order valence-corrected chi connectivity index (χ4v) is 2.38. The second-order valence-electron chi connectivity index (χ2n) is 4.92. The van der Waals surface area contributed by atoms with E-state index in [2.05, 4.69) is 12.2 Å². The molecule has 2 unspecified atom stereocenters. The second-order valence-corrected chi connectivity index (χ2v) is 4.92. The monoisotopic (exact) mass is 221 g/mol. The molecule has 0 heterocycles. The molecular weight excluding hydrogens is 201 g/mol. The molecule has 0 radical (unpaired) electrons. The van der Waals surface area contributed by atoms with E-state index >= 15 is 0 Å². The molecule has 0 bridgehead atoms. The van der Waals surface area contributed by atoms with E-state index in [-0.39, 0.29) is 5.82 Å². The van der Waals surface area contributed by atoms with Crippen molar-refractivity contribution in [3.05, 3.63) is 35.6 Å². The van der Waals surface area contributed by atoms with E-state index in [0.717, 1.165) is 18.3 Å². The minimum Gasteiger partial charge on any atom is -0.316 e. The summed E-state index contributed by atoms with van der Waals surface area (Å²) in [5.41, 5.74) is 1.22. The Labute approximate surface area is 97.1 Å². The first-order chi connectivity index (χ1) is 7.70. The highest BCUT2D eigenvalue weighted by molar-refractivity contribution is 5.17. The highest BCUT2D eigenvalue weighted by Gasteiger charge is 2.32. The fraction of sp³-hybridized carbons (Fsp3) is 0.571. The molecule has 1 N–H and O–H groups in total. The topological polar surface area (TPSA) is 12.0 Å². The van der Waals surface area contributed by atoms with Crippen LogP contribution in [-0.2, 0) is 6.42 Å². The lowest BCUT2D eigenvalue weighted by Crippen LogP contribution is -2.35. The van der Waals surface area contributed by atoms with E-state index in [1.54, 1.807) is 12.1 Å². The van der Waals surface area contributed by atoms with E-state index in [1.165, 1.54) is 18.4 Å². The largest absolute Gasteiger partial charge is 0.316 e. The lowest BCUT2D eigenvalue weighted by Gasteiger charge is -2.23. The Morgan fingerprint density at radius 2 is 1.94 bits per heavy atom. The van der Waals surface area contributed by atoms with Gasteiger partial charge in [0.05, 0.1) is 0 Å². The van der Waals surface area contributed by atoms with E-state index in [9.17, 15) is 4.39 Å². The zero-order chi connectivity index (χ0) is 11.5. The highest BCUT2D eigenvalue weighted by atomic mass is 19.1. The predicted molar refractivity (Wildman–Crippen MR) is 64.8 cm³/mol. The first kappa shape index (κ1) is 11.6. The van der Waals surface area contributed by atoms with Gasteiger partial charge in [0.25, 0.3) is 0 Å². The molecule has 1 saturated carbocycles. The third-order valence-electron chi connectivity index (χ3n) is 3.74. The highest BCUT2D eigenvalue weighted by Crippen LogP contribution is 2.38. The maximum Gasteiger partial charge on any atom is 0.123 e. The van der Waals surface area contributed by atoms with Crippen LogP contribution >= 0.6 is 0 Å². The molecule has 0 aromatic heterocycles. The Morgan fingerprint density at radius 3 is 2.44 bits per heavy atom. The molecule has 0 saturated heterocycles. The number of hydrogen-bond acceptors (Lipinski definition) is 1. The summed E-state index contributed by atoms with van der Waals surface area (Å²) < 4.78 is 12.8. The van der Waals surface area contributed by atoms with Gasteiger partial charge in [-0.2, -0.15) is 0 Å².